The second kappa shape index (κ2) is 7.45. The number of hydrogen-bond donors (Lipinski definition) is 1. The average Bonchev–Trinajstić information content (AvgIpc) is 3.02. The Balaban J connectivity index is 1.82. The van der Waals surface area contributed by atoms with E-state index in [2.05, 4.69) is 6.07 Å². The van der Waals surface area contributed by atoms with Crippen molar-refractivity contribution in [1.29, 1.82) is 0 Å². The first-order valence-corrected chi connectivity index (χ1v) is 9.41. The van der Waals surface area contributed by atoms with E-state index in [9.17, 15) is 9.90 Å². The molecular formula is C23H19ClO3. The number of fused-ring (bicyclic) bond motifs is 2. The molecule has 0 bridgehead atoms. The van der Waals surface area contributed by atoms with E-state index in [0.29, 0.717) is 11.4 Å². The molecule has 0 saturated heterocycles. The summed E-state index contributed by atoms with van der Waals surface area (Å²) in [5, 5.41) is 13.4. The van der Waals surface area contributed by atoms with E-state index >= 15 is 0 Å². The molecule has 1 N–H and O–H groups in total. The summed E-state index contributed by atoms with van der Waals surface area (Å²) in [5.74, 6) is 1.10. The third-order valence-electron chi connectivity index (χ3n) is 4.84. The molecule has 27 heavy (non-hydrogen) atoms. The fourth-order valence-electron chi connectivity index (χ4n) is 3.51. The minimum absolute atomic E-state index is 0.254. The minimum Gasteiger partial charge on any atom is -0.508 e. The Labute approximate surface area is 162 Å². The topological polar surface area (TPSA) is 50.4 Å². The summed E-state index contributed by atoms with van der Waals surface area (Å²) in [4.78, 5) is 10.6. The van der Waals surface area contributed by atoms with Crippen molar-refractivity contribution in [3.63, 3.8) is 0 Å². The van der Waals surface area contributed by atoms with Crippen molar-refractivity contribution in [3.05, 3.63) is 65.2 Å². The van der Waals surface area contributed by atoms with Crippen molar-refractivity contribution < 1.29 is 14.3 Å². The molecule has 0 saturated carbocycles. The Morgan fingerprint density at radius 1 is 0.963 bits per heavy atom. The summed E-state index contributed by atoms with van der Waals surface area (Å²) in [7, 11) is 0. The lowest BCUT2D eigenvalue weighted by Gasteiger charge is -2.06. The highest BCUT2D eigenvalue weighted by Crippen LogP contribution is 2.37. The van der Waals surface area contributed by atoms with Gasteiger partial charge >= 0.3 is 0 Å². The van der Waals surface area contributed by atoms with E-state index in [4.69, 9.17) is 16.0 Å². The number of furan rings is 1. The predicted octanol–water partition coefficient (Wildman–Crippen LogP) is 6.52. The highest BCUT2D eigenvalue weighted by atomic mass is 35.5. The summed E-state index contributed by atoms with van der Waals surface area (Å²) >= 11 is 6.21. The van der Waals surface area contributed by atoms with E-state index in [-0.39, 0.29) is 5.75 Å². The third kappa shape index (κ3) is 3.56. The van der Waals surface area contributed by atoms with Gasteiger partial charge in [0.2, 0.25) is 0 Å². The molecule has 4 aromatic rings. The summed E-state index contributed by atoms with van der Waals surface area (Å²) < 4.78 is 6.19. The van der Waals surface area contributed by atoms with E-state index in [1.807, 2.05) is 36.4 Å². The fourth-order valence-corrected chi connectivity index (χ4v) is 3.68. The van der Waals surface area contributed by atoms with Crippen LogP contribution in [0.5, 0.6) is 5.75 Å². The van der Waals surface area contributed by atoms with Gasteiger partial charge in [0.1, 0.15) is 23.4 Å². The van der Waals surface area contributed by atoms with Crippen molar-refractivity contribution >= 4 is 39.6 Å². The van der Waals surface area contributed by atoms with Crippen LogP contribution in [0.4, 0.5) is 0 Å². The van der Waals surface area contributed by atoms with Crippen LogP contribution in [-0.2, 0) is 11.2 Å². The minimum atomic E-state index is 0.254. The Morgan fingerprint density at radius 3 is 2.63 bits per heavy atom. The van der Waals surface area contributed by atoms with Gasteiger partial charge in [-0.25, -0.2) is 0 Å². The molecule has 0 spiro atoms. The SMILES string of the molecule is O=CCCCCc1c(-c2ccc3cc(O)ccc3c2)oc2ccc(Cl)cc12. The van der Waals surface area contributed by atoms with Gasteiger partial charge in [-0.05, 0) is 66.4 Å². The number of carbonyl (C=O) groups is 1. The summed E-state index contributed by atoms with van der Waals surface area (Å²) in [6.45, 7) is 0. The lowest BCUT2D eigenvalue weighted by molar-refractivity contribution is -0.107. The van der Waals surface area contributed by atoms with Crippen LogP contribution in [0.25, 0.3) is 33.1 Å². The molecule has 136 valence electrons. The van der Waals surface area contributed by atoms with Crippen LogP contribution in [0.2, 0.25) is 5.02 Å². The second-order valence-corrected chi connectivity index (χ2v) is 7.15. The van der Waals surface area contributed by atoms with Crippen molar-refractivity contribution in [1.82, 2.24) is 0 Å². The van der Waals surface area contributed by atoms with Crippen molar-refractivity contribution in [2.75, 3.05) is 0 Å². The monoisotopic (exact) mass is 378 g/mol. The number of carbonyl (C=O) groups excluding carboxylic acids is 1. The van der Waals surface area contributed by atoms with Gasteiger partial charge in [0.05, 0.1) is 0 Å². The zero-order chi connectivity index (χ0) is 18.8. The Hall–Kier alpha value is -2.78. The van der Waals surface area contributed by atoms with Crippen LogP contribution in [0.3, 0.4) is 0 Å². The molecule has 0 unspecified atom stereocenters. The number of phenols is 1. The van der Waals surface area contributed by atoms with Crippen LogP contribution >= 0.6 is 11.6 Å². The molecule has 0 aliphatic carbocycles. The first-order chi connectivity index (χ1) is 13.2. The zero-order valence-corrected chi connectivity index (χ0v) is 15.5. The third-order valence-corrected chi connectivity index (χ3v) is 5.07. The molecule has 0 atom stereocenters. The fraction of sp³-hybridized carbons (Fsp3) is 0.174. The van der Waals surface area contributed by atoms with Crippen LogP contribution in [0, 0.1) is 0 Å². The van der Waals surface area contributed by atoms with Crippen LogP contribution < -0.4 is 0 Å². The quantitative estimate of drug-likeness (QED) is 0.307. The van der Waals surface area contributed by atoms with Crippen molar-refractivity contribution in [2.45, 2.75) is 25.7 Å². The number of benzene rings is 3. The van der Waals surface area contributed by atoms with Gasteiger partial charge in [-0.15, -0.1) is 0 Å². The molecule has 3 aromatic carbocycles. The normalized spacial score (nSPS) is 11.3. The number of phenolic OH excluding ortho intramolecular Hbond substituents is 1. The van der Waals surface area contributed by atoms with Crippen LogP contribution in [0.15, 0.2) is 59.0 Å². The number of aryl methyl sites for hydroxylation is 1. The van der Waals surface area contributed by atoms with Crippen molar-refractivity contribution in [3.8, 4) is 17.1 Å². The second-order valence-electron chi connectivity index (χ2n) is 6.71. The number of hydrogen-bond acceptors (Lipinski definition) is 3. The number of aromatic hydroxyl groups is 1. The molecule has 1 heterocycles. The lowest BCUT2D eigenvalue weighted by Crippen LogP contribution is -1.89. The summed E-state index contributed by atoms with van der Waals surface area (Å²) in [6, 6.07) is 17.1. The Bertz CT molecular complexity index is 1130. The molecule has 0 fully saturated rings. The van der Waals surface area contributed by atoms with E-state index in [1.165, 1.54) is 0 Å². The molecule has 0 aliphatic heterocycles. The van der Waals surface area contributed by atoms with Crippen LogP contribution in [0.1, 0.15) is 24.8 Å². The summed E-state index contributed by atoms with van der Waals surface area (Å²) in [5.41, 5.74) is 2.92. The molecule has 0 aliphatic rings. The predicted molar refractivity (Wildman–Crippen MR) is 109 cm³/mol. The maximum absolute atomic E-state index is 10.6. The molecular weight excluding hydrogens is 360 g/mol. The number of aldehydes is 1. The molecule has 4 heteroatoms. The van der Waals surface area contributed by atoms with Crippen molar-refractivity contribution in [2.24, 2.45) is 0 Å². The number of unbranched alkanes of at least 4 members (excludes halogenated alkanes) is 2. The van der Waals surface area contributed by atoms with Gasteiger partial charge in [0.25, 0.3) is 0 Å². The van der Waals surface area contributed by atoms with Gasteiger partial charge in [-0.1, -0.05) is 29.8 Å². The molecule has 0 radical (unpaired) electrons. The van der Waals surface area contributed by atoms with Gasteiger partial charge in [-0.2, -0.15) is 0 Å². The first-order valence-electron chi connectivity index (χ1n) is 9.03. The van der Waals surface area contributed by atoms with Gasteiger partial charge in [-0.3, -0.25) is 0 Å². The number of halogens is 1. The number of rotatable bonds is 6. The first kappa shape index (κ1) is 17.6. The van der Waals surface area contributed by atoms with Gasteiger partial charge in [0.15, 0.2) is 0 Å². The Kier molecular flexibility index (Phi) is 4.87. The highest BCUT2D eigenvalue weighted by molar-refractivity contribution is 6.31. The maximum Gasteiger partial charge on any atom is 0.138 e. The summed E-state index contributed by atoms with van der Waals surface area (Å²) in [6.07, 6.45) is 4.13. The maximum atomic E-state index is 10.6. The van der Waals surface area contributed by atoms with E-state index < -0.39 is 0 Å². The lowest BCUT2D eigenvalue weighted by atomic mass is 9.98. The van der Waals surface area contributed by atoms with Crippen LogP contribution in [-0.4, -0.2) is 11.4 Å². The highest BCUT2D eigenvalue weighted by Gasteiger charge is 2.16. The van der Waals surface area contributed by atoms with Gasteiger partial charge < -0.3 is 14.3 Å². The largest absolute Gasteiger partial charge is 0.508 e. The molecule has 0 amide bonds. The molecule has 4 rings (SSSR count). The average molecular weight is 379 g/mol. The van der Waals surface area contributed by atoms with E-state index in [0.717, 1.165) is 64.2 Å². The molecule has 3 nitrogen and oxygen atoms in total. The van der Waals surface area contributed by atoms with E-state index in [1.54, 1.807) is 12.1 Å². The molecule has 1 aromatic heterocycles. The Morgan fingerprint density at radius 2 is 1.78 bits per heavy atom. The van der Waals surface area contributed by atoms with Gasteiger partial charge in [0, 0.05) is 28.0 Å². The standard InChI is InChI=1S/C23H19ClO3/c24-18-8-10-22-21(14-18)20(4-2-1-3-11-25)23(27-22)17-6-5-16-13-19(26)9-7-15(16)12-17/h5-14,26H,1-4H2. The smallest absolute Gasteiger partial charge is 0.138 e. The zero-order valence-electron chi connectivity index (χ0n) is 14.7.